The van der Waals surface area contributed by atoms with Gasteiger partial charge in [0.15, 0.2) is 0 Å². The van der Waals surface area contributed by atoms with E-state index in [1.807, 2.05) is 0 Å². The first-order valence-electron chi connectivity index (χ1n) is 6.33. The van der Waals surface area contributed by atoms with E-state index in [0.29, 0.717) is 22.4 Å². The van der Waals surface area contributed by atoms with Crippen molar-refractivity contribution in [3.63, 3.8) is 0 Å². The van der Waals surface area contributed by atoms with Gasteiger partial charge in [0.25, 0.3) is 5.91 Å². The zero-order valence-corrected chi connectivity index (χ0v) is 11.0. The minimum atomic E-state index is -0.0864. The van der Waals surface area contributed by atoms with E-state index in [-0.39, 0.29) is 11.9 Å². The van der Waals surface area contributed by atoms with Crippen LogP contribution in [0.5, 0.6) is 0 Å². The van der Waals surface area contributed by atoms with Gasteiger partial charge in [-0.15, -0.1) is 0 Å². The number of nitrogens with one attached hydrogen (secondary N) is 1. The minimum Gasteiger partial charge on any atom is -0.399 e. The Morgan fingerprint density at radius 1 is 1.28 bits per heavy atom. The number of amides is 1. The smallest absolute Gasteiger partial charge is 0.251 e. The standard InChI is InChI=1S/C14H21N3O/c1-14(2)4-3-12(8-14)17-13(18)9-5-10(15)7-11(16)6-9/h5-7,12H,3-4,8,15-16H2,1-2H3,(H,17,18). The van der Waals surface area contributed by atoms with Gasteiger partial charge in [-0.2, -0.15) is 0 Å². The van der Waals surface area contributed by atoms with Crippen molar-refractivity contribution in [1.82, 2.24) is 5.32 Å². The van der Waals surface area contributed by atoms with Crippen LogP contribution in [0.2, 0.25) is 0 Å². The van der Waals surface area contributed by atoms with Crippen LogP contribution in [0.1, 0.15) is 43.5 Å². The number of benzene rings is 1. The maximum Gasteiger partial charge on any atom is 0.251 e. The summed E-state index contributed by atoms with van der Waals surface area (Å²) in [7, 11) is 0. The number of nitrogen functional groups attached to an aromatic ring is 2. The Labute approximate surface area is 108 Å². The summed E-state index contributed by atoms with van der Waals surface area (Å²) < 4.78 is 0. The summed E-state index contributed by atoms with van der Waals surface area (Å²) >= 11 is 0. The number of carbonyl (C=O) groups is 1. The molecule has 0 aliphatic heterocycles. The fraction of sp³-hybridized carbons (Fsp3) is 0.500. The molecular weight excluding hydrogens is 226 g/mol. The lowest BCUT2D eigenvalue weighted by molar-refractivity contribution is 0.0936. The Bertz CT molecular complexity index is 448. The Hall–Kier alpha value is -1.71. The monoisotopic (exact) mass is 247 g/mol. The summed E-state index contributed by atoms with van der Waals surface area (Å²) in [5, 5.41) is 3.06. The maximum atomic E-state index is 12.1. The third kappa shape index (κ3) is 2.94. The predicted octanol–water partition coefficient (Wildman–Crippen LogP) is 2.16. The third-order valence-electron chi connectivity index (χ3n) is 3.54. The number of anilines is 2. The summed E-state index contributed by atoms with van der Waals surface area (Å²) in [5.41, 5.74) is 13.3. The predicted molar refractivity (Wildman–Crippen MR) is 74.2 cm³/mol. The SMILES string of the molecule is CC1(C)CCC(NC(=O)c2cc(N)cc(N)c2)C1. The Morgan fingerprint density at radius 3 is 2.39 bits per heavy atom. The minimum absolute atomic E-state index is 0.0864. The van der Waals surface area contributed by atoms with Gasteiger partial charge in [0.05, 0.1) is 0 Å². The van der Waals surface area contributed by atoms with E-state index in [4.69, 9.17) is 11.5 Å². The second-order valence-electron chi connectivity index (χ2n) is 5.97. The van der Waals surface area contributed by atoms with Crippen molar-refractivity contribution in [2.45, 2.75) is 39.2 Å². The molecule has 1 unspecified atom stereocenters. The molecule has 0 radical (unpaired) electrons. The van der Waals surface area contributed by atoms with E-state index < -0.39 is 0 Å². The number of rotatable bonds is 2. The zero-order chi connectivity index (χ0) is 13.3. The molecule has 1 saturated carbocycles. The Morgan fingerprint density at radius 2 is 1.89 bits per heavy atom. The van der Waals surface area contributed by atoms with E-state index in [0.717, 1.165) is 19.3 Å². The molecule has 1 amide bonds. The van der Waals surface area contributed by atoms with Crippen LogP contribution in [0.4, 0.5) is 11.4 Å². The van der Waals surface area contributed by atoms with Gasteiger partial charge in [-0.1, -0.05) is 13.8 Å². The first kappa shape index (κ1) is 12.7. The second kappa shape index (κ2) is 4.52. The van der Waals surface area contributed by atoms with Crippen LogP contribution in [0.15, 0.2) is 18.2 Å². The van der Waals surface area contributed by atoms with Gasteiger partial charge in [-0.25, -0.2) is 0 Å². The summed E-state index contributed by atoms with van der Waals surface area (Å²) in [6, 6.07) is 5.22. The van der Waals surface area contributed by atoms with Crippen molar-refractivity contribution < 1.29 is 4.79 Å². The molecule has 1 aromatic carbocycles. The molecular formula is C14H21N3O. The molecule has 98 valence electrons. The van der Waals surface area contributed by atoms with E-state index in [9.17, 15) is 4.79 Å². The van der Waals surface area contributed by atoms with Crippen molar-refractivity contribution in [3.8, 4) is 0 Å². The highest BCUT2D eigenvalue weighted by Gasteiger charge is 2.31. The van der Waals surface area contributed by atoms with Crippen LogP contribution in [0.25, 0.3) is 0 Å². The molecule has 0 heterocycles. The summed E-state index contributed by atoms with van der Waals surface area (Å²) in [5.74, 6) is -0.0864. The summed E-state index contributed by atoms with van der Waals surface area (Å²) in [6.45, 7) is 4.47. The van der Waals surface area contributed by atoms with Gasteiger partial charge in [0, 0.05) is 23.0 Å². The molecule has 4 heteroatoms. The van der Waals surface area contributed by atoms with Crippen molar-refractivity contribution in [3.05, 3.63) is 23.8 Å². The lowest BCUT2D eigenvalue weighted by Crippen LogP contribution is -2.33. The molecule has 1 atom stereocenters. The van der Waals surface area contributed by atoms with E-state index in [1.54, 1.807) is 18.2 Å². The van der Waals surface area contributed by atoms with Crippen molar-refractivity contribution in [1.29, 1.82) is 0 Å². The number of nitrogens with two attached hydrogens (primary N) is 2. The fourth-order valence-corrected chi connectivity index (χ4v) is 2.64. The number of hydrogen-bond acceptors (Lipinski definition) is 3. The normalized spacial score (nSPS) is 21.8. The van der Waals surface area contributed by atoms with Crippen LogP contribution in [-0.4, -0.2) is 11.9 Å². The maximum absolute atomic E-state index is 12.1. The quantitative estimate of drug-likeness (QED) is 0.700. The third-order valence-corrected chi connectivity index (χ3v) is 3.54. The topological polar surface area (TPSA) is 81.1 Å². The molecule has 1 aliphatic carbocycles. The summed E-state index contributed by atoms with van der Waals surface area (Å²) in [6.07, 6.45) is 3.21. The molecule has 2 rings (SSSR count). The van der Waals surface area contributed by atoms with Crippen LogP contribution >= 0.6 is 0 Å². The fourth-order valence-electron chi connectivity index (χ4n) is 2.64. The van der Waals surface area contributed by atoms with Crippen molar-refractivity contribution >= 4 is 17.3 Å². The van der Waals surface area contributed by atoms with Gasteiger partial charge in [0.1, 0.15) is 0 Å². The average molecular weight is 247 g/mol. The first-order valence-corrected chi connectivity index (χ1v) is 6.33. The van der Waals surface area contributed by atoms with Gasteiger partial charge in [0.2, 0.25) is 0 Å². The molecule has 0 spiro atoms. The molecule has 18 heavy (non-hydrogen) atoms. The highest BCUT2D eigenvalue weighted by Crippen LogP contribution is 2.37. The number of hydrogen-bond donors (Lipinski definition) is 3. The lowest BCUT2D eigenvalue weighted by atomic mass is 9.92. The van der Waals surface area contributed by atoms with Crippen molar-refractivity contribution in [2.75, 3.05) is 11.5 Å². The van der Waals surface area contributed by atoms with Crippen molar-refractivity contribution in [2.24, 2.45) is 5.41 Å². The molecule has 0 aromatic heterocycles. The molecule has 5 N–H and O–H groups in total. The van der Waals surface area contributed by atoms with E-state index >= 15 is 0 Å². The average Bonchev–Trinajstić information content (AvgIpc) is 2.56. The van der Waals surface area contributed by atoms with Gasteiger partial charge in [-0.3, -0.25) is 4.79 Å². The van der Waals surface area contributed by atoms with E-state index in [1.165, 1.54) is 0 Å². The Kier molecular flexibility index (Phi) is 3.20. The molecule has 1 aliphatic rings. The summed E-state index contributed by atoms with van der Waals surface area (Å²) in [4.78, 5) is 12.1. The van der Waals surface area contributed by atoms with Gasteiger partial charge in [-0.05, 0) is 42.9 Å². The lowest BCUT2D eigenvalue weighted by Gasteiger charge is -2.18. The molecule has 0 bridgehead atoms. The second-order valence-corrected chi connectivity index (χ2v) is 5.97. The molecule has 1 fully saturated rings. The van der Waals surface area contributed by atoms with Crippen LogP contribution < -0.4 is 16.8 Å². The highest BCUT2D eigenvalue weighted by atomic mass is 16.1. The van der Waals surface area contributed by atoms with Gasteiger partial charge >= 0.3 is 0 Å². The van der Waals surface area contributed by atoms with E-state index in [2.05, 4.69) is 19.2 Å². The van der Waals surface area contributed by atoms with Crippen LogP contribution in [0, 0.1) is 5.41 Å². The van der Waals surface area contributed by atoms with Gasteiger partial charge < -0.3 is 16.8 Å². The zero-order valence-electron chi connectivity index (χ0n) is 11.0. The van der Waals surface area contributed by atoms with Crippen LogP contribution in [0.3, 0.4) is 0 Å². The highest BCUT2D eigenvalue weighted by molar-refractivity contribution is 5.96. The Balaban J connectivity index is 2.04. The molecule has 0 saturated heterocycles. The molecule has 1 aromatic rings. The number of carbonyl (C=O) groups excluding carboxylic acids is 1. The first-order chi connectivity index (χ1) is 8.35. The molecule has 4 nitrogen and oxygen atoms in total. The largest absolute Gasteiger partial charge is 0.399 e. The van der Waals surface area contributed by atoms with Crippen LogP contribution in [-0.2, 0) is 0 Å².